The van der Waals surface area contributed by atoms with E-state index in [2.05, 4.69) is 16.4 Å². The fourth-order valence-electron chi connectivity index (χ4n) is 4.58. The Morgan fingerprint density at radius 1 is 0.895 bits per heavy atom. The van der Waals surface area contributed by atoms with Crippen molar-refractivity contribution in [1.29, 1.82) is 5.26 Å². The molecule has 0 saturated carbocycles. The number of esters is 2. The number of carbonyl (C=O) groups excluding carboxylic acids is 2. The molecule has 1 aliphatic rings. The molecule has 0 bridgehead atoms. The highest BCUT2D eigenvalue weighted by Crippen LogP contribution is 2.43. The van der Waals surface area contributed by atoms with Gasteiger partial charge in [0.25, 0.3) is 0 Å². The Morgan fingerprint density at radius 2 is 1.53 bits per heavy atom. The summed E-state index contributed by atoms with van der Waals surface area (Å²) < 4.78 is 11.8. The van der Waals surface area contributed by atoms with Gasteiger partial charge in [-0.15, -0.1) is 5.10 Å². The molecule has 5 rings (SSSR count). The van der Waals surface area contributed by atoms with Crippen LogP contribution in [0.5, 0.6) is 0 Å². The molecule has 1 unspecified atom stereocenters. The second-order valence-electron chi connectivity index (χ2n) is 8.34. The average Bonchev–Trinajstić information content (AvgIpc) is 3.40. The lowest BCUT2D eigenvalue weighted by Gasteiger charge is -2.35. The van der Waals surface area contributed by atoms with Crippen LogP contribution in [0.4, 0.5) is 5.69 Å². The van der Waals surface area contributed by atoms with Crippen LogP contribution in [0.3, 0.4) is 0 Å². The highest BCUT2D eigenvalue weighted by Gasteiger charge is 2.42. The third-order valence-electron chi connectivity index (χ3n) is 6.31. The fourth-order valence-corrected chi connectivity index (χ4v) is 4.58. The summed E-state index contributed by atoms with van der Waals surface area (Å²) in [6.45, 7) is 0. The van der Waals surface area contributed by atoms with Crippen molar-refractivity contribution in [2.75, 3.05) is 19.1 Å². The second-order valence-corrected chi connectivity index (χ2v) is 8.34. The summed E-state index contributed by atoms with van der Waals surface area (Å²) in [5, 5.41) is 18.6. The van der Waals surface area contributed by atoms with Crippen molar-refractivity contribution in [3.8, 4) is 11.8 Å². The monoisotopic (exact) mass is 506 g/mol. The van der Waals surface area contributed by atoms with E-state index in [0.29, 0.717) is 16.9 Å². The summed E-state index contributed by atoms with van der Waals surface area (Å²) in [7, 11) is 2.42. The smallest absolute Gasteiger partial charge is 0.355 e. The zero-order chi connectivity index (χ0) is 26.8. The first kappa shape index (κ1) is 24.3. The number of nitriles is 1. The minimum Gasteiger partial charge on any atom is -0.466 e. The van der Waals surface area contributed by atoms with Crippen LogP contribution < -0.4 is 10.6 Å². The minimum absolute atomic E-state index is 0.00615. The number of hydrogen-bond donors (Lipinski definition) is 1. The number of aromatic nitrogens is 3. The fraction of sp³-hybridized carbons (Fsp3) is 0.107. The highest BCUT2D eigenvalue weighted by molar-refractivity contribution is 6.06. The molecule has 2 N–H and O–H groups in total. The summed E-state index contributed by atoms with van der Waals surface area (Å²) in [6, 6.07) is 25.5. The van der Waals surface area contributed by atoms with Crippen molar-refractivity contribution in [3.05, 3.63) is 107 Å². The molecule has 0 fully saturated rings. The molecule has 10 nitrogen and oxygen atoms in total. The number of carbonyl (C=O) groups is 2. The maximum Gasteiger partial charge on any atom is 0.355 e. The number of allylic oxidation sites excluding steroid dienone is 1. The zero-order valence-electron chi connectivity index (χ0n) is 20.5. The molecule has 0 radical (unpaired) electrons. The number of para-hydroxylation sites is 1. The summed E-state index contributed by atoms with van der Waals surface area (Å²) >= 11 is 0. The molecule has 4 aromatic rings. The van der Waals surface area contributed by atoms with Gasteiger partial charge in [0.15, 0.2) is 0 Å². The largest absolute Gasteiger partial charge is 0.466 e. The van der Waals surface area contributed by atoms with E-state index in [4.69, 9.17) is 15.2 Å². The van der Waals surface area contributed by atoms with Crippen molar-refractivity contribution < 1.29 is 19.1 Å². The van der Waals surface area contributed by atoms with E-state index in [1.165, 1.54) is 19.1 Å². The number of nitrogens with zero attached hydrogens (tertiary/aromatic N) is 5. The predicted octanol–water partition coefficient (Wildman–Crippen LogP) is 3.32. The number of ether oxygens (including phenoxy) is 2. The molecule has 0 spiro atoms. The Kier molecular flexibility index (Phi) is 6.33. The van der Waals surface area contributed by atoms with Gasteiger partial charge in [-0.3, -0.25) is 4.90 Å². The Morgan fingerprint density at radius 3 is 2.18 bits per heavy atom. The van der Waals surface area contributed by atoms with E-state index in [1.807, 2.05) is 24.3 Å². The molecule has 10 heteroatoms. The topological polar surface area (TPSA) is 136 Å². The van der Waals surface area contributed by atoms with Crippen molar-refractivity contribution in [1.82, 2.24) is 15.0 Å². The maximum absolute atomic E-state index is 13.2. The molecular weight excluding hydrogens is 484 g/mol. The lowest BCUT2D eigenvalue weighted by molar-refractivity contribution is -0.139. The number of rotatable bonds is 5. The Bertz CT molecular complexity index is 1650. The van der Waals surface area contributed by atoms with Gasteiger partial charge in [-0.1, -0.05) is 47.7 Å². The zero-order valence-corrected chi connectivity index (χ0v) is 20.5. The quantitative estimate of drug-likeness (QED) is 0.404. The predicted molar refractivity (Wildman–Crippen MR) is 138 cm³/mol. The Labute approximate surface area is 217 Å². The van der Waals surface area contributed by atoms with Gasteiger partial charge < -0.3 is 15.2 Å². The van der Waals surface area contributed by atoms with E-state index in [-0.39, 0.29) is 22.7 Å². The van der Waals surface area contributed by atoms with Gasteiger partial charge in [-0.2, -0.15) is 5.26 Å². The van der Waals surface area contributed by atoms with Crippen LogP contribution in [0.15, 0.2) is 102 Å². The third-order valence-corrected chi connectivity index (χ3v) is 6.31. The molecule has 1 aromatic heterocycles. The number of hydrogen-bond acceptors (Lipinski definition) is 9. The summed E-state index contributed by atoms with van der Waals surface area (Å²) in [5.41, 5.74) is 9.75. The standard InChI is InChI=1S/C28H22N6O4/c1-37-27(35)24-23(17-8-4-3-5-9-17)20(16-29)26(30)33(25(24)28(36)38-2)18-12-14-19(15-13-18)34-22-11-7-6-10-21(22)31-32-34/h3-15,23H,30H2,1-2H3. The Hall–Kier alpha value is -5.43. The van der Waals surface area contributed by atoms with Gasteiger partial charge in [0.05, 0.1) is 48.6 Å². The number of anilines is 1. The number of nitrogens with two attached hydrogens (primary N) is 1. The molecule has 0 saturated heterocycles. The van der Waals surface area contributed by atoms with Crippen molar-refractivity contribution in [2.24, 2.45) is 5.73 Å². The second kappa shape index (κ2) is 9.91. The lowest BCUT2D eigenvalue weighted by atomic mass is 9.81. The molecule has 0 aliphatic carbocycles. The summed E-state index contributed by atoms with van der Waals surface area (Å²) in [4.78, 5) is 27.7. The molecule has 1 atom stereocenters. The normalized spacial score (nSPS) is 15.4. The summed E-state index contributed by atoms with van der Waals surface area (Å²) in [5.74, 6) is -2.53. The van der Waals surface area contributed by atoms with Crippen LogP contribution in [0.1, 0.15) is 11.5 Å². The number of fused-ring (bicyclic) bond motifs is 1. The van der Waals surface area contributed by atoms with Crippen LogP contribution in [0, 0.1) is 11.3 Å². The van der Waals surface area contributed by atoms with Crippen LogP contribution in [0.2, 0.25) is 0 Å². The van der Waals surface area contributed by atoms with Gasteiger partial charge in [0, 0.05) is 5.69 Å². The SMILES string of the molecule is COC(=O)C1=C(C(=O)OC)N(c2ccc(-n3nnc4ccccc43)cc2)C(N)=C(C#N)C1c1ccccc1. The first-order chi connectivity index (χ1) is 18.5. The van der Waals surface area contributed by atoms with Crippen LogP contribution >= 0.6 is 0 Å². The van der Waals surface area contributed by atoms with E-state index >= 15 is 0 Å². The van der Waals surface area contributed by atoms with Gasteiger partial charge in [0.1, 0.15) is 17.0 Å². The highest BCUT2D eigenvalue weighted by atomic mass is 16.5. The molecule has 0 amide bonds. The van der Waals surface area contributed by atoms with E-state index in [1.54, 1.807) is 59.3 Å². The van der Waals surface area contributed by atoms with E-state index in [9.17, 15) is 14.9 Å². The van der Waals surface area contributed by atoms with Gasteiger partial charge in [-0.05, 0) is 42.0 Å². The molecule has 1 aliphatic heterocycles. The van der Waals surface area contributed by atoms with E-state index < -0.39 is 17.9 Å². The molecule has 38 heavy (non-hydrogen) atoms. The molecule has 2 heterocycles. The molecule has 3 aromatic carbocycles. The first-order valence-corrected chi connectivity index (χ1v) is 11.6. The minimum atomic E-state index is -0.931. The van der Waals surface area contributed by atoms with Crippen molar-refractivity contribution in [2.45, 2.75) is 5.92 Å². The third kappa shape index (κ3) is 3.92. The van der Waals surface area contributed by atoms with Crippen LogP contribution in [0.25, 0.3) is 16.7 Å². The average molecular weight is 507 g/mol. The molecule has 188 valence electrons. The van der Waals surface area contributed by atoms with Crippen LogP contribution in [-0.4, -0.2) is 41.2 Å². The maximum atomic E-state index is 13.2. The lowest BCUT2D eigenvalue weighted by Crippen LogP contribution is -2.40. The van der Waals surface area contributed by atoms with Crippen molar-refractivity contribution >= 4 is 28.7 Å². The van der Waals surface area contributed by atoms with Crippen LogP contribution in [-0.2, 0) is 19.1 Å². The number of benzene rings is 3. The first-order valence-electron chi connectivity index (χ1n) is 11.6. The van der Waals surface area contributed by atoms with E-state index in [0.717, 1.165) is 11.0 Å². The molecular formula is C28H22N6O4. The van der Waals surface area contributed by atoms with Crippen molar-refractivity contribution in [3.63, 3.8) is 0 Å². The van der Waals surface area contributed by atoms with Gasteiger partial charge in [0.2, 0.25) is 0 Å². The van der Waals surface area contributed by atoms with Gasteiger partial charge in [-0.25, -0.2) is 14.3 Å². The Balaban J connectivity index is 1.70. The summed E-state index contributed by atoms with van der Waals surface area (Å²) in [6.07, 6.45) is 0. The van der Waals surface area contributed by atoms with Gasteiger partial charge >= 0.3 is 11.9 Å². The number of methoxy groups -OCH3 is 2.